The second-order valence-electron chi connectivity index (χ2n) is 2.83. The molecular weight excluding hydrogens is 159 g/mol. The molecule has 1 N–H and O–H groups in total. The smallest absolute Gasteiger partial charge is 0.223 e. The van der Waals surface area contributed by atoms with Crippen molar-refractivity contribution in [2.45, 2.75) is 12.8 Å². The van der Waals surface area contributed by atoms with Crippen LogP contribution in [0.2, 0.25) is 0 Å². The molecule has 0 aliphatic carbocycles. The lowest BCUT2D eigenvalue weighted by Crippen LogP contribution is -2.27. The van der Waals surface area contributed by atoms with Gasteiger partial charge in [-0.3, -0.25) is 9.18 Å². The Bertz CT molecular complexity index is 128. The Morgan fingerprint density at radius 2 is 2.08 bits per heavy atom. The SMILES string of the molecule is CN(C)C(=O)CCNCCCF. The third-order valence-electron chi connectivity index (χ3n) is 1.50. The van der Waals surface area contributed by atoms with Gasteiger partial charge in [-0.1, -0.05) is 0 Å². The molecule has 12 heavy (non-hydrogen) atoms. The van der Waals surface area contributed by atoms with E-state index < -0.39 is 0 Å². The van der Waals surface area contributed by atoms with Crippen molar-refractivity contribution < 1.29 is 9.18 Å². The fraction of sp³-hybridized carbons (Fsp3) is 0.875. The van der Waals surface area contributed by atoms with E-state index in [1.54, 1.807) is 19.0 Å². The highest BCUT2D eigenvalue weighted by Crippen LogP contribution is 1.85. The Morgan fingerprint density at radius 1 is 1.42 bits per heavy atom. The monoisotopic (exact) mass is 176 g/mol. The minimum Gasteiger partial charge on any atom is -0.349 e. The fourth-order valence-electron chi connectivity index (χ4n) is 0.736. The Morgan fingerprint density at radius 3 is 2.58 bits per heavy atom. The van der Waals surface area contributed by atoms with Crippen molar-refractivity contribution >= 4 is 5.91 Å². The van der Waals surface area contributed by atoms with Crippen LogP contribution in [0.25, 0.3) is 0 Å². The molecule has 0 atom stereocenters. The summed E-state index contributed by atoms with van der Waals surface area (Å²) in [6.45, 7) is 0.989. The van der Waals surface area contributed by atoms with Gasteiger partial charge in [-0.05, 0) is 13.0 Å². The Labute approximate surface area is 72.9 Å². The molecule has 0 rings (SSSR count). The van der Waals surface area contributed by atoms with Crippen LogP contribution in [-0.4, -0.2) is 44.7 Å². The average molecular weight is 176 g/mol. The normalized spacial score (nSPS) is 9.92. The summed E-state index contributed by atoms with van der Waals surface area (Å²) < 4.78 is 11.6. The number of carbonyl (C=O) groups excluding carboxylic acids is 1. The maximum Gasteiger partial charge on any atom is 0.223 e. The van der Waals surface area contributed by atoms with Crippen LogP contribution >= 0.6 is 0 Å². The third-order valence-corrected chi connectivity index (χ3v) is 1.50. The van der Waals surface area contributed by atoms with Crippen LogP contribution in [0.15, 0.2) is 0 Å². The van der Waals surface area contributed by atoms with E-state index in [9.17, 15) is 9.18 Å². The number of hydrogen-bond donors (Lipinski definition) is 1. The molecule has 0 aliphatic heterocycles. The maximum atomic E-state index is 11.6. The summed E-state index contributed by atoms with van der Waals surface area (Å²) in [6, 6.07) is 0. The second-order valence-corrected chi connectivity index (χ2v) is 2.83. The number of nitrogens with zero attached hydrogens (tertiary/aromatic N) is 1. The molecule has 0 aromatic rings. The van der Waals surface area contributed by atoms with E-state index in [0.29, 0.717) is 25.9 Å². The molecule has 3 nitrogen and oxygen atoms in total. The molecule has 0 fully saturated rings. The van der Waals surface area contributed by atoms with Gasteiger partial charge in [-0.2, -0.15) is 0 Å². The highest BCUT2D eigenvalue weighted by Gasteiger charge is 2.01. The minimum absolute atomic E-state index is 0.0998. The van der Waals surface area contributed by atoms with Crippen molar-refractivity contribution in [1.29, 1.82) is 0 Å². The molecule has 72 valence electrons. The van der Waals surface area contributed by atoms with Gasteiger partial charge in [0.15, 0.2) is 0 Å². The van der Waals surface area contributed by atoms with Gasteiger partial charge in [-0.15, -0.1) is 0 Å². The molecule has 0 aromatic heterocycles. The van der Waals surface area contributed by atoms with E-state index >= 15 is 0 Å². The molecule has 0 spiro atoms. The zero-order chi connectivity index (χ0) is 9.40. The van der Waals surface area contributed by atoms with Gasteiger partial charge < -0.3 is 10.2 Å². The third kappa shape index (κ3) is 6.09. The van der Waals surface area contributed by atoms with E-state index in [-0.39, 0.29) is 12.6 Å². The lowest BCUT2D eigenvalue weighted by molar-refractivity contribution is -0.128. The number of hydrogen-bond acceptors (Lipinski definition) is 2. The van der Waals surface area contributed by atoms with E-state index in [1.807, 2.05) is 0 Å². The summed E-state index contributed by atoms with van der Waals surface area (Å²) in [7, 11) is 3.45. The number of rotatable bonds is 6. The van der Waals surface area contributed by atoms with Crippen molar-refractivity contribution in [2.75, 3.05) is 33.9 Å². The lowest BCUT2D eigenvalue weighted by atomic mass is 10.3. The fourth-order valence-corrected chi connectivity index (χ4v) is 0.736. The first-order valence-corrected chi connectivity index (χ1v) is 4.15. The first-order valence-electron chi connectivity index (χ1n) is 4.15. The van der Waals surface area contributed by atoms with Crippen molar-refractivity contribution in [3.05, 3.63) is 0 Å². The summed E-state index contributed by atoms with van der Waals surface area (Å²) in [5, 5.41) is 2.98. The summed E-state index contributed by atoms with van der Waals surface area (Å²) >= 11 is 0. The maximum absolute atomic E-state index is 11.6. The van der Waals surface area contributed by atoms with Gasteiger partial charge in [0.1, 0.15) is 0 Å². The van der Waals surface area contributed by atoms with Gasteiger partial charge >= 0.3 is 0 Å². The van der Waals surface area contributed by atoms with Crippen molar-refractivity contribution in [3.8, 4) is 0 Å². The van der Waals surface area contributed by atoms with Gasteiger partial charge in [-0.25, -0.2) is 0 Å². The van der Waals surface area contributed by atoms with Gasteiger partial charge in [0, 0.05) is 27.1 Å². The zero-order valence-corrected chi connectivity index (χ0v) is 7.77. The van der Waals surface area contributed by atoms with E-state index in [4.69, 9.17) is 0 Å². The number of nitrogens with one attached hydrogen (secondary N) is 1. The largest absolute Gasteiger partial charge is 0.349 e. The molecule has 0 aliphatic rings. The topological polar surface area (TPSA) is 32.3 Å². The molecule has 1 amide bonds. The second kappa shape index (κ2) is 7.03. The first-order chi connectivity index (χ1) is 5.68. The van der Waals surface area contributed by atoms with Crippen LogP contribution in [0.3, 0.4) is 0 Å². The molecule has 0 unspecified atom stereocenters. The minimum atomic E-state index is -0.297. The molecule has 4 heteroatoms. The number of halogens is 1. The van der Waals surface area contributed by atoms with Crippen LogP contribution in [-0.2, 0) is 4.79 Å². The summed E-state index contributed by atoms with van der Waals surface area (Å²) in [4.78, 5) is 12.5. The predicted octanol–water partition coefficient (Wildman–Crippen LogP) is 0.414. The molecule has 0 aromatic carbocycles. The van der Waals surface area contributed by atoms with E-state index in [0.717, 1.165) is 0 Å². The number of carbonyl (C=O) groups is 1. The Hall–Kier alpha value is -0.640. The molecule has 0 radical (unpaired) electrons. The first kappa shape index (κ1) is 11.4. The van der Waals surface area contributed by atoms with Crippen LogP contribution in [0.5, 0.6) is 0 Å². The quantitative estimate of drug-likeness (QED) is 0.595. The summed E-state index contributed by atoms with van der Waals surface area (Å²) in [5.74, 6) is 0.0998. The molecule has 0 saturated heterocycles. The Kier molecular flexibility index (Phi) is 6.66. The molecule has 0 bridgehead atoms. The van der Waals surface area contributed by atoms with Crippen molar-refractivity contribution in [1.82, 2.24) is 10.2 Å². The molecule has 0 saturated carbocycles. The van der Waals surface area contributed by atoms with Crippen LogP contribution in [0, 0.1) is 0 Å². The van der Waals surface area contributed by atoms with Crippen molar-refractivity contribution in [2.24, 2.45) is 0 Å². The lowest BCUT2D eigenvalue weighted by Gasteiger charge is -2.09. The van der Waals surface area contributed by atoms with Crippen LogP contribution in [0.4, 0.5) is 4.39 Å². The standard InChI is InChI=1S/C8H17FN2O/c1-11(2)8(12)4-7-10-6-3-5-9/h10H,3-7H2,1-2H3. The predicted molar refractivity (Wildman–Crippen MR) is 46.8 cm³/mol. The molecule has 0 heterocycles. The number of amides is 1. The Balaban J connectivity index is 3.14. The van der Waals surface area contributed by atoms with Crippen molar-refractivity contribution in [3.63, 3.8) is 0 Å². The van der Waals surface area contributed by atoms with Gasteiger partial charge in [0.2, 0.25) is 5.91 Å². The average Bonchev–Trinajstić information content (AvgIpc) is 2.03. The number of alkyl halides is 1. The summed E-state index contributed by atoms with van der Waals surface area (Å²) in [6.07, 6.45) is 1.01. The van der Waals surface area contributed by atoms with Gasteiger partial charge in [0.25, 0.3) is 0 Å². The molecular formula is C8H17FN2O. The van der Waals surface area contributed by atoms with E-state index in [1.165, 1.54) is 0 Å². The van der Waals surface area contributed by atoms with Gasteiger partial charge in [0.05, 0.1) is 6.67 Å². The highest BCUT2D eigenvalue weighted by molar-refractivity contribution is 5.75. The van der Waals surface area contributed by atoms with Crippen LogP contribution in [0.1, 0.15) is 12.8 Å². The van der Waals surface area contributed by atoms with E-state index in [2.05, 4.69) is 5.32 Å². The van der Waals surface area contributed by atoms with Crippen LogP contribution < -0.4 is 5.32 Å². The summed E-state index contributed by atoms with van der Waals surface area (Å²) in [5.41, 5.74) is 0. The highest BCUT2D eigenvalue weighted by atomic mass is 19.1. The zero-order valence-electron chi connectivity index (χ0n) is 7.77.